The van der Waals surface area contributed by atoms with Crippen LogP contribution >= 0.6 is 0 Å². The molecule has 3 rings (SSSR count). The summed E-state index contributed by atoms with van der Waals surface area (Å²) in [5, 5.41) is 2.21. The summed E-state index contributed by atoms with van der Waals surface area (Å²) in [5.41, 5.74) is 1.82. The second-order valence-electron chi connectivity index (χ2n) is 3.27. The largest absolute Gasteiger partial charge is 0.576 e. The molecule has 16 heavy (non-hydrogen) atoms. The van der Waals surface area contributed by atoms with Crippen molar-refractivity contribution in [2.45, 2.75) is 0 Å². The van der Waals surface area contributed by atoms with E-state index in [1.807, 2.05) is 30.3 Å². The van der Waals surface area contributed by atoms with Crippen LogP contribution in [0.2, 0.25) is 0 Å². The molecule has 3 aromatic rings. The van der Waals surface area contributed by atoms with Crippen LogP contribution in [0.5, 0.6) is 0 Å². The zero-order valence-electron chi connectivity index (χ0n) is 8.47. The monoisotopic (exact) mass is 282 g/mol. The van der Waals surface area contributed by atoms with Gasteiger partial charge in [0, 0.05) is 32.7 Å². The molecule has 2 nitrogen and oxygen atoms in total. The summed E-state index contributed by atoms with van der Waals surface area (Å²) in [6.45, 7) is 0. The zero-order valence-corrected chi connectivity index (χ0v) is 11.3. The minimum Gasteiger partial charge on any atom is -0.576 e. The topological polar surface area (TPSA) is 26.0 Å². The van der Waals surface area contributed by atoms with Gasteiger partial charge in [-0.2, -0.15) is 17.2 Å². The zero-order chi connectivity index (χ0) is 10.1. The van der Waals surface area contributed by atoms with Gasteiger partial charge in [0.15, 0.2) is 0 Å². The molecule has 1 radical (unpaired) electrons. The van der Waals surface area contributed by atoms with Gasteiger partial charge in [-0.1, -0.05) is 36.0 Å². The van der Waals surface area contributed by atoms with Gasteiger partial charge in [-0.25, -0.2) is 0 Å². The van der Waals surface area contributed by atoms with Crippen LogP contribution in [0.4, 0.5) is 0 Å². The molecular formula is C13H7NOY-2. The van der Waals surface area contributed by atoms with Gasteiger partial charge in [0.2, 0.25) is 0 Å². The Labute approximate surface area is 119 Å². The Balaban J connectivity index is 0.000000963. The minimum atomic E-state index is 0. The van der Waals surface area contributed by atoms with Crippen LogP contribution in [0.3, 0.4) is 0 Å². The van der Waals surface area contributed by atoms with Gasteiger partial charge in [-0.3, -0.25) is 0 Å². The molecule has 0 N–H and O–H groups in total. The number of fused-ring (bicyclic) bond motifs is 1. The molecule has 1 aromatic carbocycles. The molecule has 0 fully saturated rings. The van der Waals surface area contributed by atoms with Crippen LogP contribution in [0.1, 0.15) is 0 Å². The maximum atomic E-state index is 4.95. The van der Waals surface area contributed by atoms with Crippen molar-refractivity contribution in [1.82, 2.24) is 4.98 Å². The summed E-state index contributed by atoms with van der Waals surface area (Å²) in [4.78, 5) is 4.08. The third-order valence-corrected chi connectivity index (χ3v) is 2.35. The molecule has 3 heteroatoms. The van der Waals surface area contributed by atoms with Gasteiger partial charge in [0.05, 0.1) is 0 Å². The number of pyridine rings is 1. The average Bonchev–Trinajstić information content (AvgIpc) is 2.82. The van der Waals surface area contributed by atoms with E-state index in [0.29, 0.717) is 0 Å². The van der Waals surface area contributed by atoms with E-state index in [1.54, 1.807) is 12.5 Å². The fraction of sp³-hybridized carbons (Fsp3) is 0. The second-order valence-corrected chi connectivity index (χ2v) is 3.27. The van der Waals surface area contributed by atoms with Crippen LogP contribution in [0.15, 0.2) is 47.2 Å². The normalized spacial score (nSPS) is 10.0. The fourth-order valence-corrected chi connectivity index (χ4v) is 1.64. The molecule has 0 aliphatic carbocycles. The number of hydrogen-bond donors (Lipinski definition) is 0. The molecule has 0 atom stereocenters. The predicted octanol–water partition coefficient (Wildman–Crippen LogP) is 3.09. The van der Waals surface area contributed by atoms with Gasteiger partial charge < -0.3 is 9.40 Å². The molecule has 0 saturated heterocycles. The van der Waals surface area contributed by atoms with Crippen molar-refractivity contribution >= 4 is 10.8 Å². The van der Waals surface area contributed by atoms with E-state index in [9.17, 15) is 0 Å². The van der Waals surface area contributed by atoms with E-state index in [2.05, 4.69) is 17.4 Å². The SMILES string of the molecule is [Y].[c-]1occc1-c1[c-]ncc2ccccc12. The fourth-order valence-electron chi connectivity index (χ4n) is 1.64. The first-order chi connectivity index (χ1) is 7.45. The van der Waals surface area contributed by atoms with Crippen LogP contribution in [-0.4, -0.2) is 4.98 Å². The predicted molar refractivity (Wildman–Crippen MR) is 57.1 cm³/mol. The molecule has 0 bridgehead atoms. The average molecular weight is 282 g/mol. The molecule has 2 aromatic heterocycles. The molecule has 75 valence electrons. The summed E-state index contributed by atoms with van der Waals surface area (Å²) in [6.07, 6.45) is 9.18. The molecular weight excluding hydrogens is 275 g/mol. The maximum Gasteiger partial charge on any atom is 0 e. The first-order valence-corrected chi connectivity index (χ1v) is 4.66. The van der Waals surface area contributed by atoms with Crippen molar-refractivity contribution in [3.8, 4) is 11.1 Å². The van der Waals surface area contributed by atoms with E-state index in [4.69, 9.17) is 4.42 Å². The Morgan fingerprint density at radius 3 is 2.81 bits per heavy atom. The summed E-state index contributed by atoms with van der Waals surface area (Å²) in [5.74, 6) is 0. The van der Waals surface area contributed by atoms with Gasteiger partial charge in [-0.05, 0) is 12.5 Å². The molecule has 0 aliphatic rings. The first-order valence-electron chi connectivity index (χ1n) is 4.66. The standard InChI is InChI=1S/C13H7NO.Y/c1-2-4-12-10(3-1)7-14-8-13(12)11-5-6-15-9-11;/h1-7H;/q-2;. The molecule has 0 unspecified atom stereocenters. The van der Waals surface area contributed by atoms with Crippen LogP contribution in [0.25, 0.3) is 21.9 Å². The van der Waals surface area contributed by atoms with E-state index >= 15 is 0 Å². The number of aromatic nitrogens is 1. The Kier molecular flexibility index (Phi) is 3.52. The summed E-state index contributed by atoms with van der Waals surface area (Å²) >= 11 is 0. The number of nitrogens with zero attached hydrogens (tertiary/aromatic N) is 1. The Morgan fingerprint density at radius 1 is 1.12 bits per heavy atom. The molecule has 0 spiro atoms. The van der Waals surface area contributed by atoms with Crippen molar-refractivity contribution in [3.63, 3.8) is 0 Å². The Hall–Kier alpha value is -0.986. The van der Waals surface area contributed by atoms with Crippen LogP contribution in [0, 0.1) is 12.5 Å². The van der Waals surface area contributed by atoms with Crippen molar-refractivity contribution in [2.24, 2.45) is 0 Å². The van der Waals surface area contributed by atoms with E-state index < -0.39 is 0 Å². The number of furan rings is 1. The summed E-state index contributed by atoms with van der Waals surface area (Å²) < 4.78 is 4.95. The number of rotatable bonds is 1. The third kappa shape index (κ3) is 1.95. The molecule has 0 saturated carbocycles. The van der Waals surface area contributed by atoms with Crippen LogP contribution < -0.4 is 0 Å². The molecule has 2 heterocycles. The van der Waals surface area contributed by atoms with Crippen molar-refractivity contribution in [1.29, 1.82) is 0 Å². The first kappa shape index (κ1) is 11.5. The maximum absolute atomic E-state index is 4.95. The summed E-state index contributed by atoms with van der Waals surface area (Å²) in [7, 11) is 0. The van der Waals surface area contributed by atoms with Crippen LogP contribution in [-0.2, 0) is 32.7 Å². The smallest absolute Gasteiger partial charge is 0 e. The second kappa shape index (κ2) is 4.90. The number of benzene rings is 1. The van der Waals surface area contributed by atoms with E-state index in [-0.39, 0.29) is 32.7 Å². The van der Waals surface area contributed by atoms with Gasteiger partial charge >= 0.3 is 0 Å². The Bertz CT molecular complexity index is 584. The third-order valence-electron chi connectivity index (χ3n) is 2.35. The van der Waals surface area contributed by atoms with E-state index in [1.165, 1.54) is 0 Å². The summed E-state index contributed by atoms with van der Waals surface area (Å²) in [6, 6.07) is 9.93. The quantitative estimate of drug-likeness (QED) is 0.641. The van der Waals surface area contributed by atoms with Crippen molar-refractivity contribution in [3.05, 3.63) is 55.3 Å². The molecule has 0 aliphatic heterocycles. The Morgan fingerprint density at radius 2 is 2.00 bits per heavy atom. The van der Waals surface area contributed by atoms with Crippen molar-refractivity contribution in [2.75, 3.05) is 0 Å². The van der Waals surface area contributed by atoms with Gasteiger partial charge in [0.25, 0.3) is 0 Å². The van der Waals surface area contributed by atoms with Crippen molar-refractivity contribution < 1.29 is 37.1 Å². The van der Waals surface area contributed by atoms with Gasteiger partial charge in [-0.15, -0.1) is 11.5 Å². The number of hydrogen-bond acceptors (Lipinski definition) is 2. The van der Waals surface area contributed by atoms with E-state index in [0.717, 1.165) is 21.9 Å². The minimum absolute atomic E-state index is 0. The van der Waals surface area contributed by atoms with Gasteiger partial charge in [0.1, 0.15) is 0 Å². The molecule has 0 amide bonds.